The lowest BCUT2D eigenvalue weighted by molar-refractivity contribution is 0.378. The molecule has 1 unspecified atom stereocenters. The topological polar surface area (TPSA) is 29.4 Å². The van der Waals surface area contributed by atoms with Gasteiger partial charge in [-0.05, 0) is 63.1 Å². The molecule has 0 fully saturated rings. The molecule has 0 radical (unpaired) electrons. The second-order valence-corrected chi connectivity index (χ2v) is 10.2. The molecule has 1 rings (SSSR count). The Morgan fingerprint density at radius 1 is 1.18 bits per heavy atom. The van der Waals surface area contributed by atoms with Gasteiger partial charge in [0.1, 0.15) is 11.0 Å². The van der Waals surface area contributed by atoms with Crippen molar-refractivity contribution in [1.82, 2.24) is 0 Å². The van der Waals surface area contributed by atoms with E-state index in [4.69, 9.17) is 11.6 Å². The largest absolute Gasteiger partial charge is 0.234 e. The molecule has 1 aromatic rings. The number of rotatable bonds is 4. The fourth-order valence-corrected chi connectivity index (χ4v) is 2.70. The lowest BCUT2D eigenvalue weighted by Crippen LogP contribution is -2.20. The third kappa shape index (κ3) is 6.21. The van der Waals surface area contributed by atoms with Gasteiger partial charge in [-0.3, -0.25) is 0 Å². The van der Waals surface area contributed by atoms with E-state index in [2.05, 4.69) is 31.2 Å². The Hall–Kier alpha value is -0.670. The summed E-state index contributed by atoms with van der Waals surface area (Å²) in [4.78, 5) is 0. The smallest absolute Gasteiger partial charge is 0.145 e. The fourth-order valence-electron chi connectivity index (χ4n) is 1.80. The number of hydrogen-bond donors (Lipinski definition) is 0. The van der Waals surface area contributed by atoms with Crippen LogP contribution in [0.15, 0.2) is 22.6 Å². The SMILES string of the molecule is CC(=NS(=O)C(C)(C)C)c1ccc(CCC(C)(C)C)c(Cl)c1. The van der Waals surface area contributed by atoms with Gasteiger partial charge in [-0.15, -0.1) is 0 Å². The molecule has 0 aliphatic heterocycles. The molecule has 0 aliphatic rings. The van der Waals surface area contributed by atoms with Crippen molar-refractivity contribution >= 4 is 28.3 Å². The molecular formula is C18H28ClNOS. The Morgan fingerprint density at radius 2 is 1.77 bits per heavy atom. The van der Waals surface area contributed by atoms with Gasteiger partial charge in [0.25, 0.3) is 0 Å². The van der Waals surface area contributed by atoms with Crippen LogP contribution in [0.2, 0.25) is 5.02 Å². The van der Waals surface area contributed by atoms with Crippen LogP contribution in [0, 0.1) is 5.41 Å². The highest BCUT2D eigenvalue weighted by Crippen LogP contribution is 2.26. The monoisotopic (exact) mass is 341 g/mol. The average Bonchev–Trinajstić information content (AvgIpc) is 2.34. The molecule has 0 N–H and O–H groups in total. The highest BCUT2D eigenvalue weighted by molar-refractivity contribution is 7.85. The summed E-state index contributed by atoms with van der Waals surface area (Å²) in [5.74, 6) is 0. The zero-order valence-electron chi connectivity index (χ0n) is 14.8. The van der Waals surface area contributed by atoms with Crippen LogP contribution in [0.5, 0.6) is 0 Å². The summed E-state index contributed by atoms with van der Waals surface area (Å²) in [5, 5.41) is 0.762. The maximum absolute atomic E-state index is 12.1. The molecule has 0 aliphatic carbocycles. The first-order valence-corrected chi connectivity index (χ1v) is 9.15. The van der Waals surface area contributed by atoms with E-state index in [0.29, 0.717) is 5.41 Å². The third-order valence-electron chi connectivity index (χ3n) is 3.36. The maximum atomic E-state index is 12.1. The summed E-state index contributed by atoms with van der Waals surface area (Å²) in [5.41, 5.74) is 3.15. The molecule has 0 saturated carbocycles. The van der Waals surface area contributed by atoms with E-state index in [9.17, 15) is 4.21 Å². The van der Waals surface area contributed by atoms with Crippen molar-refractivity contribution in [2.45, 2.75) is 66.1 Å². The first kappa shape index (κ1) is 19.4. The number of aryl methyl sites for hydroxylation is 1. The first-order chi connectivity index (χ1) is 9.90. The van der Waals surface area contributed by atoms with E-state index in [0.717, 1.165) is 34.7 Å². The van der Waals surface area contributed by atoms with Crippen LogP contribution in [-0.4, -0.2) is 14.7 Å². The molecule has 1 aromatic carbocycles. The quantitative estimate of drug-likeness (QED) is 0.656. The number of benzene rings is 1. The van der Waals surface area contributed by atoms with Gasteiger partial charge in [0.05, 0.1) is 10.5 Å². The highest BCUT2D eigenvalue weighted by Gasteiger charge is 2.19. The molecular weight excluding hydrogens is 314 g/mol. The molecule has 1 atom stereocenters. The van der Waals surface area contributed by atoms with Crippen LogP contribution in [0.4, 0.5) is 0 Å². The molecule has 0 bridgehead atoms. The van der Waals surface area contributed by atoms with Crippen LogP contribution in [-0.2, 0) is 17.4 Å². The number of nitrogens with zero attached hydrogens (tertiary/aromatic N) is 1. The van der Waals surface area contributed by atoms with Crippen molar-refractivity contribution in [3.05, 3.63) is 34.3 Å². The van der Waals surface area contributed by atoms with E-state index in [1.165, 1.54) is 0 Å². The first-order valence-electron chi connectivity index (χ1n) is 7.66. The van der Waals surface area contributed by atoms with Gasteiger partial charge in [0.2, 0.25) is 0 Å². The van der Waals surface area contributed by atoms with Crippen molar-refractivity contribution in [2.75, 3.05) is 0 Å². The molecule has 4 heteroatoms. The summed E-state index contributed by atoms with van der Waals surface area (Å²) in [7, 11) is -1.25. The van der Waals surface area contributed by atoms with Crippen LogP contribution >= 0.6 is 11.6 Å². The van der Waals surface area contributed by atoms with Gasteiger partial charge >= 0.3 is 0 Å². The Kier molecular flexibility index (Phi) is 6.40. The van der Waals surface area contributed by atoms with E-state index in [-0.39, 0.29) is 4.75 Å². The van der Waals surface area contributed by atoms with Crippen molar-refractivity contribution in [1.29, 1.82) is 0 Å². The van der Waals surface area contributed by atoms with E-state index >= 15 is 0 Å². The average molecular weight is 342 g/mol. The summed E-state index contributed by atoms with van der Waals surface area (Å²) >= 11 is 6.40. The summed E-state index contributed by atoms with van der Waals surface area (Å²) in [6, 6.07) is 6.00. The standard InChI is InChI=1S/C18H28ClNOS/c1-13(20-22(21)18(5,6)7)15-9-8-14(16(19)12-15)10-11-17(2,3)4/h8-9,12H,10-11H2,1-7H3. The van der Waals surface area contributed by atoms with Crippen LogP contribution in [0.3, 0.4) is 0 Å². The fraction of sp³-hybridized carbons (Fsp3) is 0.611. The van der Waals surface area contributed by atoms with Crippen LogP contribution < -0.4 is 0 Å². The molecule has 0 spiro atoms. The van der Waals surface area contributed by atoms with Gasteiger partial charge in [0, 0.05) is 5.02 Å². The zero-order valence-corrected chi connectivity index (χ0v) is 16.4. The van der Waals surface area contributed by atoms with Gasteiger partial charge < -0.3 is 0 Å². The molecule has 0 aromatic heterocycles. The second-order valence-electron chi connectivity index (χ2n) is 7.91. The number of hydrogen-bond acceptors (Lipinski definition) is 1. The van der Waals surface area contributed by atoms with Crippen molar-refractivity contribution in [3.8, 4) is 0 Å². The van der Waals surface area contributed by atoms with Crippen molar-refractivity contribution in [2.24, 2.45) is 9.81 Å². The zero-order chi connectivity index (χ0) is 17.1. The minimum Gasteiger partial charge on any atom is -0.234 e. The minimum atomic E-state index is -1.25. The Bertz CT molecular complexity index is 580. The summed E-state index contributed by atoms with van der Waals surface area (Å²) in [6.45, 7) is 14.3. The van der Waals surface area contributed by atoms with E-state index in [1.807, 2.05) is 39.8 Å². The van der Waals surface area contributed by atoms with Gasteiger partial charge in [-0.25, -0.2) is 4.21 Å². The van der Waals surface area contributed by atoms with Crippen molar-refractivity contribution < 1.29 is 4.21 Å². The molecule has 0 heterocycles. The Labute approximate surface area is 143 Å². The Morgan fingerprint density at radius 3 is 2.23 bits per heavy atom. The van der Waals surface area contributed by atoms with Gasteiger partial charge in [-0.1, -0.05) is 44.5 Å². The molecule has 0 saturated heterocycles. The highest BCUT2D eigenvalue weighted by atomic mass is 35.5. The summed E-state index contributed by atoms with van der Waals surface area (Å²) < 4.78 is 16.1. The third-order valence-corrected chi connectivity index (χ3v) is 5.20. The predicted molar refractivity (Wildman–Crippen MR) is 99.3 cm³/mol. The minimum absolute atomic E-state index is 0.295. The molecule has 124 valence electrons. The van der Waals surface area contributed by atoms with Gasteiger partial charge in [-0.2, -0.15) is 4.40 Å². The normalized spacial score (nSPS) is 15.0. The Balaban J connectivity index is 2.93. The molecule has 2 nitrogen and oxygen atoms in total. The maximum Gasteiger partial charge on any atom is 0.145 e. The lowest BCUT2D eigenvalue weighted by Gasteiger charge is -2.18. The molecule has 22 heavy (non-hydrogen) atoms. The van der Waals surface area contributed by atoms with Crippen LogP contribution in [0.1, 0.15) is 66.0 Å². The predicted octanol–water partition coefficient (Wildman–Crippen LogP) is 5.59. The molecule has 0 amide bonds. The van der Waals surface area contributed by atoms with Crippen LogP contribution in [0.25, 0.3) is 0 Å². The van der Waals surface area contributed by atoms with Crippen molar-refractivity contribution in [3.63, 3.8) is 0 Å². The van der Waals surface area contributed by atoms with Gasteiger partial charge in [0.15, 0.2) is 0 Å². The number of halogens is 1. The second kappa shape index (κ2) is 7.27. The lowest BCUT2D eigenvalue weighted by atomic mass is 9.88. The summed E-state index contributed by atoms with van der Waals surface area (Å²) in [6.07, 6.45) is 2.06. The van der Waals surface area contributed by atoms with E-state index < -0.39 is 11.0 Å². The van der Waals surface area contributed by atoms with E-state index in [1.54, 1.807) is 0 Å².